The summed E-state index contributed by atoms with van der Waals surface area (Å²) in [4.78, 5) is 30.1. The number of methoxy groups -OCH3 is 2. The summed E-state index contributed by atoms with van der Waals surface area (Å²) in [6.45, 7) is 1.41. The van der Waals surface area contributed by atoms with Crippen LogP contribution in [0.4, 0.5) is 10.1 Å². The highest BCUT2D eigenvalue weighted by Gasteiger charge is 2.42. The number of halogens is 1. The van der Waals surface area contributed by atoms with Crippen LogP contribution in [0.2, 0.25) is 0 Å². The molecule has 156 valence electrons. The fourth-order valence-electron chi connectivity index (χ4n) is 4.00. The predicted molar refractivity (Wildman–Crippen MR) is 111 cm³/mol. The standard InChI is InChI=1S/C23H23FN2O4/c1-29-18-11-10-17(14-19(18)30-2)26-22(27)20(15-6-8-16(24)9-7-15)21(23(26)28)25-12-4-3-5-13-25/h6-11,14H,3-5,12-13H2,1-2H3. The highest BCUT2D eigenvalue weighted by atomic mass is 19.1. The predicted octanol–water partition coefficient (Wildman–Crippen LogP) is 3.61. The van der Waals surface area contributed by atoms with Gasteiger partial charge in [0.15, 0.2) is 11.5 Å². The average molecular weight is 410 g/mol. The molecule has 2 aliphatic heterocycles. The molecule has 0 aliphatic carbocycles. The summed E-state index contributed by atoms with van der Waals surface area (Å²) in [6, 6.07) is 10.6. The van der Waals surface area contributed by atoms with E-state index >= 15 is 0 Å². The van der Waals surface area contributed by atoms with E-state index in [1.807, 2.05) is 4.90 Å². The maximum absolute atomic E-state index is 13.5. The number of likely N-dealkylation sites (tertiary alicyclic amines) is 1. The number of imide groups is 1. The van der Waals surface area contributed by atoms with Crippen LogP contribution in [0.5, 0.6) is 11.5 Å². The van der Waals surface area contributed by atoms with Gasteiger partial charge in [-0.1, -0.05) is 12.1 Å². The minimum atomic E-state index is -0.431. The Balaban J connectivity index is 1.81. The Labute approximate surface area is 174 Å². The number of anilines is 1. The van der Waals surface area contributed by atoms with Gasteiger partial charge in [0.1, 0.15) is 11.5 Å². The molecular weight excluding hydrogens is 387 g/mol. The number of nitrogens with zero attached hydrogens (tertiary/aromatic N) is 2. The summed E-state index contributed by atoms with van der Waals surface area (Å²) < 4.78 is 24.1. The van der Waals surface area contributed by atoms with E-state index in [1.54, 1.807) is 18.2 Å². The molecule has 2 amide bonds. The van der Waals surface area contributed by atoms with Gasteiger partial charge in [-0.3, -0.25) is 9.59 Å². The molecule has 30 heavy (non-hydrogen) atoms. The van der Waals surface area contributed by atoms with Gasteiger partial charge < -0.3 is 14.4 Å². The van der Waals surface area contributed by atoms with Crippen molar-refractivity contribution in [1.29, 1.82) is 0 Å². The number of hydrogen-bond donors (Lipinski definition) is 0. The van der Waals surface area contributed by atoms with E-state index in [2.05, 4.69) is 0 Å². The Kier molecular flexibility index (Phi) is 5.44. The summed E-state index contributed by atoms with van der Waals surface area (Å²) in [5.74, 6) is -0.283. The van der Waals surface area contributed by atoms with Crippen molar-refractivity contribution in [2.75, 3.05) is 32.2 Å². The molecular formula is C23H23FN2O4. The molecule has 2 aromatic carbocycles. The molecule has 4 rings (SSSR count). The van der Waals surface area contributed by atoms with E-state index in [4.69, 9.17) is 9.47 Å². The quantitative estimate of drug-likeness (QED) is 0.705. The van der Waals surface area contributed by atoms with Crippen LogP contribution in [0.3, 0.4) is 0 Å². The number of carbonyl (C=O) groups is 2. The Bertz CT molecular complexity index is 1010. The summed E-state index contributed by atoms with van der Waals surface area (Å²) in [5.41, 5.74) is 1.60. The van der Waals surface area contributed by atoms with Gasteiger partial charge in [-0.25, -0.2) is 9.29 Å². The smallest absolute Gasteiger partial charge is 0.282 e. The zero-order chi connectivity index (χ0) is 21.3. The number of hydrogen-bond acceptors (Lipinski definition) is 5. The zero-order valence-corrected chi connectivity index (χ0v) is 17.0. The van der Waals surface area contributed by atoms with Crippen LogP contribution in [0.25, 0.3) is 5.57 Å². The summed E-state index contributed by atoms with van der Waals surface area (Å²) in [7, 11) is 3.02. The van der Waals surface area contributed by atoms with Crippen LogP contribution in [0.15, 0.2) is 48.2 Å². The highest BCUT2D eigenvalue weighted by Crippen LogP contribution is 2.38. The minimum Gasteiger partial charge on any atom is -0.493 e. The first-order valence-corrected chi connectivity index (χ1v) is 9.91. The Morgan fingerprint density at radius 1 is 0.833 bits per heavy atom. The van der Waals surface area contributed by atoms with Gasteiger partial charge in [0.25, 0.3) is 11.8 Å². The normalized spacial score (nSPS) is 17.0. The lowest BCUT2D eigenvalue weighted by molar-refractivity contribution is -0.120. The molecule has 0 saturated carbocycles. The Hall–Kier alpha value is -3.35. The van der Waals surface area contributed by atoms with Crippen LogP contribution in [-0.2, 0) is 9.59 Å². The molecule has 0 spiro atoms. The number of amides is 2. The van der Waals surface area contributed by atoms with E-state index in [0.717, 1.165) is 24.2 Å². The van der Waals surface area contributed by atoms with Crippen molar-refractivity contribution in [1.82, 2.24) is 4.90 Å². The van der Waals surface area contributed by atoms with Crippen molar-refractivity contribution < 1.29 is 23.5 Å². The van der Waals surface area contributed by atoms with Crippen LogP contribution in [0, 0.1) is 5.82 Å². The van der Waals surface area contributed by atoms with E-state index in [9.17, 15) is 14.0 Å². The third-order valence-electron chi connectivity index (χ3n) is 5.49. The van der Waals surface area contributed by atoms with Crippen molar-refractivity contribution in [2.24, 2.45) is 0 Å². The minimum absolute atomic E-state index is 0.302. The molecule has 2 aliphatic rings. The van der Waals surface area contributed by atoms with Gasteiger partial charge in [-0.15, -0.1) is 0 Å². The molecule has 0 aromatic heterocycles. The van der Waals surface area contributed by atoms with Gasteiger partial charge in [0.2, 0.25) is 0 Å². The molecule has 2 heterocycles. The topological polar surface area (TPSA) is 59.1 Å². The largest absolute Gasteiger partial charge is 0.493 e. The Morgan fingerprint density at radius 3 is 2.13 bits per heavy atom. The van der Waals surface area contributed by atoms with Crippen LogP contribution in [-0.4, -0.2) is 44.0 Å². The first-order chi connectivity index (χ1) is 14.5. The second-order valence-electron chi connectivity index (χ2n) is 7.26. The van der Waals surface area contributed by atoms with E-state index in [-0.39, 0.29) is 5.91 Å². The number of carbonyl (C=O) groups excluding carboxylic acids is 2. The third kappa shape index (κ3) is 3.40. The molecule has 0 bridgehead atoms. The molecule has 6 nitrogen and oxygen atoms in total. The van der Waals surface area contributed by atoms with Gasteiger partial charge in [0, 0.05) is 19.2 Å². The van der Waals surface area contributed by atoms with Crippen molar-refractivity contribution in [3.63, 3.8) is 0 Å². The van der Waals surface area contributed by atoms with E-state index < -0.39 is 11.7 Å². The molecule has 0 radical (unpaired) electrons. The van der Waals surface area contributed by atoms with Gasteiger partial charge in [0.05, 0.1) is 25.5 Å². The van der Waals surface area contributed by atoms with Crippen LogP contribution >= 0.6 is 0 Å². The van der Waals surface area contributed by atoms with Crippen molar-refractivity contribution in [2.45, 2.75) is 19.3 Å². The van der Waals surface area contributed by atoms with Crippen LogP contribution < -0.4 is 14.4 Å². The maximum atomic E-state index is 13.5. The molecule has 7 heteroatoms. The number of piperidine rings is 1. The van der Waals surface area contributed by atoms with Gasteiger partial charge in [-0.2, -0.15) is 0 Å². The fraction of sp³-hybridized carbons (Fsp3) is 0.304. The maximum Gasteiger partial charge on any atom is 0.282 e. The molecule has 1 saturated heterocycles. The lowest BCUT2D eigenvalue weighted by Gasteiger charge is -2.29. The van der Waals surface area contributed by atoms with E-state index in [0.29, 0.717) is 47.1 Å². The molecule has 1 fully saturated rings. The second-order valence-corrected chi connectivity index (χ2v) is 7.26. The number of rotatable bonds is 5. The summed E-state index contributed by atoms with van der Waals surface area (Å²) in [6.07, 6.45) is 3.01. The lowest BCUT2D eigenvalue weighted by Crippen LogP contribution is -2.37. The monoisotopic (exact) mass is 410 g/mol. The van der Waals surface area contributed by atoms with Gasteiger partial charge in [-0.05, 0) is 49.1 Å². The third-order valence-corrected chi connectivity index (χ3v) is 5.49. The summed E-state index contributed by atoms with van der Waals surface area (Å²) >= 11 is 0. The molecule has 2 aromatic rings. The first kappa shape index (κ1) is 19.9. The summed E-state index contributed by atoms with van der Waals surface area (Å²) in [5, 5.41) is 0. The highest BCUT2D eigenvalue weighted by molar-refractivity contribution is 6.45. The van der Waals surface area contributed by atoms with Crippen molar-refractivity contribution in [3.05, 3.63) is 59.5 Å². The molecule has 0 atom stereocenters. The zero-order valence-electron chi connectivity index (χ0n) is 17.0. The lowest BCUT2D eigenvalue weighted by atomic mass is 10.0. The first-order valence-electron chi connectivity index (χ1n) is 9.91. The molecule has 0 N–H and O–H groups in total. The average Bonchev–Trinajstić information content (AvgIpc) is 3.04. The van der Waals surface area contributed by atoms with Crippen LogP contribution in [0.1, 0.15) is 24.8 Å². The second kappa shape index (κ2) is 8.18. The SMILES string of the molecule is COc1ccc(N2C(=O)C(c3ccc(F)cc3)=C(N3CCCCC3)C2=O)cc1OC. The Morgan fingerprint density at radius 2 is 1.50 bits per heavy atom. The number of ether oxygens (including phenoxy) is 2. The van der Waals surface area contributed by atoms with Gasteiger partial charge >= 0.3 is 0 Å². The van der Waals surface area contributed by atoms with E-state index in [1.165, 1.54) is 38.5 Å². The fourth-order valence-corrected chi connectivity index (χ4v) is 4.00. The van der Waals surface area contributed by atoms with Crippen molar-refractivity contribution in [3.8, 4) is 11.5 Å². The number of benzene rings is 2. The van der Waals surface area contributed by atoms with Crippen molar-refractivity contribution >= 4 is 23.1 Å². The molecule has 0 unspecified atom stereocenters.